The summed E-state index contributed by atoms with van der Waals surface area (Å²) < 4.78 is 5.49. The third kappa shape index (κ3) is 2.59. The lowest BCUT2D eigenvalue weighted by Gasteiger charge is -2.35. The van der Waals surface area contributed by atoms with Gasteiger partial charge >= 0.3 is 0 Å². The Hall–Kier alpha value is -1.55. The molecule has 2 N–H and O–H groups in total. The van der Waals surface area contributed by atoms with Crippen molar-refractivity contribution in [3.05, 3.63) is 29.3 Å². The molecule has 1 aliphatic carbocycles. The molecule has 0 radical (unpaired) electrons. The van der Waals surface area contributed by atoms with Crippen molar-refractivity contribution in [1.82, 2.24) is 5.32 Å². The normalized spacial score (nSPS) is 24.3. The lowest BCUT2D eigenvalue weighted by atomic mass is 9.89. The molecule has 1 heterocycles. The Bertz CT molecular complexity index is 481. The van der Waals surface area contributed by atoms with Crippen LogP contribution in [-0.2, 0) is 11.2 Å². The van der Waals surface area contributed by atoms with Crippen molar-refractivity contribution in [2.75, 3.05) is 18.5 Å². The van der Waals surface area contributed by atoms with Crippen LogP contribution in [0.25, 0.3) is 0 Å². The Morgan fingerprint density at radius 2 is 2.32 bits per heavy atom. The van der Waals surface area contributed by atoms with Crippen LogP contribution in [0.15, 0.2) is 18.2 Å². The van der Waals surface area contributed by atoms with Crippen LogP contribution in [0.3, 0.4) is 0 Å². The molecule has 1 aromatic carbocycles. The minimum Gasteiger partial charge on any atom is -0.384 e. The number of hydrogen-bond acceptors (Lipinski definition) is 3. The van der Waals surface area contributed by atoms with Crippen LogP contribution in [0.1, 0.15) is 35.7 Å². The highest BCUT2D eigenvalue weighted by Gasteiger charge is 2.30. The summed E-state index contributed by atoms with van der Waals surface area (Å²) >= 11 is 0. The number of hydrogen-bond donors (Lipinski definition) is 2. The molecule has 1 fully saturated rings. The van der Waals surface area contributed by atoms with Crippen molar-refractivity contribution in [3.8, 4) is 0 Å². The maximum absolute atomic E-state index is 12.1. The third-order valence-electron chi connectivity index (χ3n) is 3.91. The molecule has 102 valence electrons. The Morgan fingerprint density at radius 3 is 3.11 bits per heavy atom. The molecular formula is C15H20N2O2. The van der Waals surface area contributed by atoms with E-state index in [1.165, 1.54) is 5.56 Å². The van der Waals surface area contributed by atoms with E-state index in [9.17, 15) is 4.79 Å². The number of carbonyl (C=O) groups is 1. The van der Waals surface area contributed by atoms with E-state index in [2.05, 4.69) is 10.6 Å². The molecule has 1 amide bonds. The monoisotopic (exact) mass is 260 g/mol. The zero-order valence-electron chi connectivity index (χ0n) is 11.2. The highest BCUT2D eigenvalue weighted by Crippen LogP contribution is 2.25. The highest BCUT2D eigenvalue weighted by molar-refractivity contribution is 5.95. The fourth-order valence-electron chi connectivity index (χ4n) is 2.76. The fraction of sp³-hybridized carbons (Fsp3) is 0.533. The molecule has 0 unspecified atom stereocenters. The van der Waals surface area contributed by atoms with Gasteiger partial charge in [0.25, 0.3) is 5.91 Å². The predicted octanol–water partition coefficient (Wildman–Crippen LogP) is 1.95. The van der Waals surface area contributed by atoms with Gasteiger partial charge in [0.1, 0.15) is 0 Å². The largest absolute Gasteiger partial charge is 0.384 e. The molecule has 1 saturated carbocycles. The van der Waals surface area contributed by atoms with Crippen LogP contribution in [0.2, 0.25) is 0 Å². The van der Waals surface area contributed by atoms with E-state index in [4.69, 9.17) is 4.74 Å². The number of carbonyl (C=O) groups excluding carboxylic acids is 1. The molecule has 1 aliphatic heterocycles. The summed E-state index contributed by atoms with van der Waals surface area (Å²) in [5.74, 6) is 0.0245. The molecule has 0 bridgehead atoms. The molecule has 0 spiro atoms. The standard InChI is InChI=1S/C15H20N2O2/c1-2-19-13-8-12(9-13)17-15(18)11-4-3-10-5-6-16-14(10)7-11/h3-4,7,12-13,16H,2,5-6,8-9H2,1H3,(H,17,18). The van der Waals surface area contributed by atoms with Crippen LogP contribution >= 0.6 is 0 Å². The molecule has 0 saturated heterocycles. The van der Waals surface area contributed by atoms with Crippen molar-refractivity contribution >= 4 is 11.6 Å². The number of nitrogens with one attached hydrogen (secondary N) is 2. The van der Waals surface area contributed by atoms with Crippen LogP contribution < -0.4 is 10.6 Å². The van der Waals surface area contributed by atoms with Gasteiger partial charge in [-0.05, 0) is 43.9 Å². The average molecular weight is 260 g/mol. The Balaban J connectivity index is 1.56. The maximum atomic E-state index is 12.1. The van der Waals surface area contributed by atoms with E-state index >= 15 is 0 Å². The van der Waals surface area contributed by atoms with Crippen LogP contribution in [0.5, 0.6) is 0 Å². The molecular weight excluding hydrogens is 240 g/mol. The van der Waals surface area contributed by atoms with Crippen LogP contribution in [-0.4, -0.2) is 31.2 Å². The second kappa shape index (κ2) is 5.21. The van der Waals surface area contributed by atoms with E-state index < -0.39 is 0 Å². The topological polar surface area (TPSA) is 50.4 Å². The Morgan fingerprint density at radius 1 is 1.47 bits per heavy atom. The van der Waals surface area contributed by atoms with Crippen molar-refractivity contribution in [1.29, 1.82) is 0 Å². The Kier molecular flexibility index (Phi) is 3.42. The summed E-state index contributed by atoms with van der Waals surface area (Å²) in [6, 6.07) is 6.19. The SMILES string of the molecule is CCOC1CC(NC(=O)c2ccc3c(c2)NCC3)C1. The minimum atomic E-state index is 0.0245. The molecule has 4 nitrogen and oxygen atoms in total. The van der Waals surface area contributed by atoms with Gasteiger partial charge in [-0.15, -0.1) is 0 Å². The summed E-state index contributed by atoms with van der Waals surface area (Å²) in [5.41, 5.74) is 3.15. The number of anilines is 1. The predicted molar refractivity (Wildman–Crippen MR) is 74.5 cm³/mol. The van der Waals surface area contributed by atoms with E-state index in [0.29, 0.717) is 6.10 Å². The number of fused-ring (bicyclic) bond motifs is 1. The van der Waals surface area contributed by atoms with Crippen LogP contribution in [0.4, 0.5) is 5.69 Å². The molecule has 0 atom stereocenters. The first-order valence-corrected chi connectivity index (χ1v) is 7.05. The molecule has 1 aromatic rings. The van der Waals surface area contributed by atoms with Gasteiger partial charge in [-0.1, -0.05) is 6.07 Å². The van der Waals surface area contributed by atoms with Gasteiger partial charge < -0.3 is 15.4 Å². The number of ether oxygens (including phenoxy) is 1. The van der Waals surface area contributed by atoms with Crippen molar-refractivity contribution < 1.29 is 9.53 Å². The van der Waals surface area contributed by atoms with Gasteiger partial charge in [-0.3, -0.25) is 4.79 Å². The van der Waals surface area contributed by atoms with E-state index in [1.54, 1.807) is 0 Å². The molecule has 2 aliphatic rings. The minimum absolute atomic E-state index is 0.0245. The van der Waals surface area contributed by atoms with Gasteiger partial charge in [0.15, 0.2) is 0 Å². The number of rotatable bonds is 4. The summed E-state index contributed by atoms with van der Waals surface area (Å²) in [7, 11) is 0. The van der Waals surface area contributed by atoms with Crippen LogP contribution in [0, 0.1) is 0 Å². The summed E-state index contributed by atoms with van der Waals surface area (Å²) in [5, 5.41) is 6.37. The molecule has 0 aromatic heterocycles. The first kappa shape index (κ1) is 12.5. The fourth-order valence-corrected chi connectivity index (χ4v) is 2.76. The van der Waals surface area contributed by atoms with Gasteiger partial charge in [0.05, 0.1) is 6.10 Å². The Labute approximate surface area is 113 Å². The molecule has 3 rings (SSSR count). The second-order valence-corrected chi connectivity index (χ2v) is 5.27. The quantitative estimate of drug-likeness (QED) is 0.870. The lowest BCUT2D eigenvalue weighted by Crippen LogP contribution is -2.47. The van der Waals surface area contributed by atoms with Crippen molar-refractivity contribution in [3.63, 3.8) is 0 Å². The molecule has 19 heavy (non-hydrogen) atoms. The summed E-state index contributed by atoms with van der Waals surface area (Å²) in [6.07, 6.45) is 3.25. The van der Waals surface area contributed by atoms with Gasteiger partial charge in [0, 0.05) is 30.4 Å². The van der Waals surface area contributed by atoms with Gasteiger partial charge in [0.2, 0.25) is 0 Å². The van der Waals surface area contributed by atoms with E-state index in [-0.39, 0.29) is 11.9 Å². The first-order chi connectivity index (χ1) is 9.26. The van der Waals surface area contributed by atoms with Gasteiger partial charge in [-0.2, -0.15) is 0 Å². The smallest absolute Gasteiger partial charge is 0.251 e. The highest BCUT2D eigenvalue weighted by atomic mass is 16.5. The van der Waals surface area contributed by atoms with Gasteiger partial charge in [-0.25, -0.2) is 0 Å². The van der Waals surface area contributed by atoms with Crippen molar-refractivity contribution in [2.24, 2.45) is 0 Å². The van der Waals surface area contributed by atoms with Crippen molar-refractivity contribution in [2.45, 2.75) is 38.3 Å². The third-order valence-corrected chi connectivity index (χ3v) is 3.91. The summed E-state index contributed by atoms with van der Waals surface area (Å²) in [4.78, 5) is 12.1. The molecule has 4 heteroatoms. The summed E-state index contributed by atoms with van der Waals surface area (Å²) in [6.45, 7) is 3.73. The zero-order chi connectivity index (χ0) is 13.2. The average Bonchev–Trinajstić information content (AvgIpc) is 2.83. The number of benzene rings is 1. The maximum Gasteiger partial charge on any atom is 0.251 e. The zero-order valence-corrected chi connectivity index (χ0v) is 11.2. The second-order valence-electron chi connectivity index (χ2n) is 5.27. The lowest BCUT2D eigenvalue weighted by molar-refractivity contribution is -0.00862. The number of amides is 1. The van der Waals surface area contributed by atoms with E-state index in [0.717, 1.165) is 43.7 Å². The first-order valence-electron chi connectivity index (χ1n) is 7.05. The van der Waals surface area contributed by atoms with E-state index in [1.807, 2.05) is 25.1 Å².